The van der Waals surface area contributed by atoms with Gasteiger partial charge in [-0.05, 0) is 12.5 Å². The van der Waals surface area contributed by atoms with Gasteiger partial charge < -0.3 is 14.5 Å². The molecule has 2 aliphatic heterocycles. The van der Waals surface area contributed by atoms with Crippen LogP contribution in [-0.2, 0) is 19.1 Å². The average Bonchev–Trinajstić information content (AvgIpc) is 2.68. The number of carbonyl (C=O) groups excluding carboxylic acids is 3. The highest BCUT2D eigenvalue weighted by Crippen LogP contribution is 2.30. The third-order valence-corrected chi connectivity index (χ3v) is 4.54. The number of piperazine rings is 1. The number of ether oxygens (including phenoxy) is 1. The second-order valence-electron chi connectivity index (χ2n) is 6.16. The van der Waals surface area contributed by atoms with Gasteiger partial charge in [-0.2, -0.15) is 0 Å². The van der Waals surface area contributed by atoms with Crippen molar-refractivity contribution in [2.45, 2.75) is 13.0 Å². The van der Waals surface area contributed by atoms with E-state index >= 15 is 0 Å². The number of carbonyl (C=O) groups is 3. The number of aliphatic imine (C=N–C) groups is 1. The Balaban J connectivity index is 1.89. The lowest BCUT2D eigenvalue weighted by Crippen LogP contribution is -2.57. The Bertz CT molecular complexity index is 698. The zero-order valence-corrected chi connectivity index (χ0v) is 14.6. The molecule has 2 heterocycles. The summed E-state index contributed by atoms with van der Waals surface area (Å²) >= 11 is 0. The fourth-order valence-corrected chi connectivity index (χ4v) is 3.15. The molecule has 0 aromatic heterocycles. The minimum absolute atomic E-state index is 0.203. The molecule has 1 N–H and O–H groups in total. The maximum Gasteiger partial charge on any atom is 0.321 e. The number of hydrogen-bond donors (Lipinski definition) is 1. The van der Waals surface area contributed by atoms with Crippen LogP contribution in [0.15, 0.2) is 35.3 Å². The highest BCUT2D eigenvalue weighted by atomic mass is 16.5. The monoisotopic (exact) mass is 358 g/mol. The van der Waals surface area contributed by atoms with Crippen LogP contribution < -0.4 is 5.32 Å². The first-order chi connectivity index (χ1) is 12.6. The summed E-state index contributed by atoms with van der Waals surface area (Å²) in [5, 5.41) is 2.74. The van der Waals surface area contributed by atoms with Crippen LogP contribution in [0.25, 0.3) is 0 Å². The first kappa shape index (κ1) is 17.9. The summed E-state index contributed by atoms with van der Waals surface area (Å²) < 4.78 is 5.08. The molecule has 1 aromatic rings. The van der Waals surface area contributed by atoms with Crippen molar-refractivity contribution in [3.63, 3.8) is 0 Å². The molecule has 1 fully saturated rings. The Morgan fingerprint density at radius 2 is 1.96 bits per heavy atom. The molecule has 8 nitrogen and oxygen atoms in total. The molecular weight excluding hydrogens is 336 g/mol. The third-order valence-electron chi connectivity index (χ3n) is 4.54. The number of guanidine groups is 1. The third kappa shape index (κ3) is 3.68. The molecule has 0 spiro atoms. The Labute approximate surface area is 151 Å². The van der Waals surface area contributed by atoms with Crippen molar-refractivity contribution in [2.24, 2.45) is 10.9 Å². The van der Waals surface area contributed by atoms with Crippen molar-refractivity contribution < 1.29 is 19.1 Å². The van der Waals surface area contributed by atoms with Crippen molar-refractivity contribution in [3.05, 3.63) is 35.9 Å². The number of amides is 2. The molecule has 0 bridgehead atoms. The molecule has 3 rings (SSSR count). The Morgan fingerprint density at radius 3 is 2.58 bits per heavy atom. The summed E-state index contributed by atoms with van der Waals surface area (Å²) in [6, 6.07) is 8.63. The molecule has 1 aromatic carbocycles. The molecule has 2 aliphatic rings. The second-order valence-corrected chi connectivity index (χ2v) is 6.16. The number of hydrogen-bond acceptors (Lipinski definition) is 6. The number of esters is 1. The molecular formula is C18H22N4O4. The summed E-state index contributed by atoms with van der Waals surface area (Å²) in [6.45, 7) is 4.18. The lowest BCUT2D eigenvalue weighted by molar-refractivity contribution is -0.153. The molecule has 0 unspecified atom stereocenters. The lowest BCUT2D eigenvalue weighted by atomic mass is 9.91. The van der Waals surface area contributed by atoms with Crippen LogP contribution >= 0.6 is 0 Å². The Kier molecular flexibility index (Phi) is 5.50. The molecule has 0 aliphatic carbocycles. The van der Waals surface area contributed by atoms with E-state index in [9.17, 15) is 14.4 Å². The van der Waals surface area contributed by atoms with Gasteiger partial charge >= 0.3 is 5.97 Å². The van der Waals surface area contributed by atoms with Gasteiger partial charge in [0.05, 0.1) is 6.61 Å². The van der Waals surface area contributed by atoms with Crippen molar-refractivity contribution in [2.75, 3.05) is 32.8 Å². The largest absolute Gasteiger partial charge is 0.465 e. The normalized spacial score (nSPS) is 23.1. The van der Waals surface area contributed by atoms with E-state index in [1.165, 1.54) is 0 Å². The molecule has 0 saturated carbocycles. The number of nitrogens with zero attached hydrogens (tertiary/aromatic N) is 3. The second kappa shape index (κ2) is 7.99. The summed E-state index contributed by atoms with van der Waals surface area (Å²) in [5.74, 6) is -1.57. The lowest BCUT2D eigenvalue weighted by Gasteiger charge is -2.37. The molecule has 138 valence electrons. The van der Waals surface area contributed by atoms with Crippen molar-refractivity contribution >= 4 is 24.2 Å². The van der Waals surface area contributed by atoms with Crippen molar-refractivity contribution in [1.82, 2.24) is 15.1 Å². The van der Waals surface area contributed by atoms with E-state index in [1.807, 2.05) is 35.2 Å². The van der Waals surface area contributed by atoms with Crippen LogP contribution in [0.3, 0.4) is 0 Å². The van der Waals surface area contributed by atoms with E-state index < -0.39 is 23.8 Å². The average molecular weight is 358 g/mol. The van der Waals surface area contributed by atoms with E-state index in [4.69, 9.17) is 4.74 Å². The highest BCUT2D eigenvalue weighted by Gasteiger charge is 2.42. The number of rotatable bonds is 4. The number of benzene rings is 1. The molecule has 0 radical (unpaired) electrons. The van der Waals surface area contributed by atoms with Crippen LogP contribution in [0.4, 0.5) is 0 Å². The zero-order valence-electron chi connectivity index (χ0n) is 14.6. The topological polar surface area (TPSA) is 91.3 Å². The van der Waals surface area contributed by atoms with Crippen LogP contribution in [-0.4, -0.2) is 66.8 Å². The highest BCUT2D eigenvalue weighted by molar-refractivity contribution is 6.08. The first-order valence-electron chi connectivity index (χ1n) is 8.68. The maximum absolute atomic E-state index is 12.7. The van der Waals surface area contributed by atoms with Crippen LogP contribution in [0.5, 0.6) is 0 Å². The summed E-state index contributed by atoms with van der Waals surface area (Å²) in [4.78, 5) is 44.2. The van der Waals surface area contributed by atoms with Crippen LogP contribution in [0.1, 0.15) is 18.5 Å². The number of nitrogens with one attached hydrogen (secondary N) is 1. The SMILES string of the molecule is CCOC(=O)[C@H]1C(=O)NC(N2CCN(C=O)CC2)=N[C@@H]1c1ccccc1. The van der Waals surface area contributed by atoms with Gasteiger partial charge in [-0.3, -0.25) is 19.7 Å². The van der Waals surface area contributed by atoms with Gasteiger partial charge in [0, 0.05) is 26.2 Å². The summed E-state index contributed by atoms with van der Waals surface area (Å²) in [6.07, 6.45) is 0.822. The van der Waals surface area contributed by atoms with E-state index in [-0.39, 0.29) is 6.61 Å². The van der Waals surface area contributed by atoms with Crippen molar-refractivity contribution in [1.29, 1.82) is 0 Å². The van der Waals surface area contributed by atoms with E-state index in [0.29, 0.717) is 32.1 Å². The predicted octanol–water partition coefficient (Wildman–Crippen LogP) is 0.167. The van der Waals surface area contributed by atoms with Gasteiger partial charge in [0.2, 0.25) is 18.3 Å². The van der Waals surface area contributed by atoms with Gasteiger partial charge in [0.15, 0.2) is 5.92 Å². The van der Waals surface area contributed by atoms with E-state index in [0.717, 1.165) is 12.0 Å². The Morgan fingerprint density at radius 1 is 1.27 bits per heavy atom. The van der Waals surface area contributed by atoms with Crippen molar-refractivity contribution in [3.8, 4) is 0 Å². The first-order valence-corrected chi connectivity index (χ1v) is 8.68. The van der Waals surface area contributed by atoms with Crippen LogP contribution in [0.2, 0.25) is 0 Å². The zero-order chi connectivity index (χ0) is 18.5. The fraction of sp³-hybridized carbons (Fsp3) is 0.444. The molecule has 2 amide bonds. The smallest absolute Gasteiger partial charge is 0.321 e. The summed E-state index contributed by atoms with van der Waals surface area (Å²) in [7, 11) is 0. The van der Waals surface area contributed by atoms with Gasteiger partial charge in [0.25, 0.3) is 0 Å². The van der Waals surface area contributed by atoms with E-state index in [2.05, 4.69) is 10.3 Å². The minimum Gasteiger partial charge on any atom is -0.465 e. The predicted molar refractivity (Wildman–Crippen MR) is 94.1 cm³/mol. The Hall–Kier alpha value is -2.90. The van der Waals surface area contributed by atoms with Gasteiger partial charge in [-0.15, -0.1) is 0 Å². The fourth-order valence-electron chi connectivity index (χ4n) is 3.15. The molecule has 8 heteroatoms. The molecule has 1 saturated heterocycles. The standard InChI is InChI=1S/C18H22N4O4/c1-2-26-17(25)14-15(13-6-4-3-5-7-13)19-18(20-16(14)24)22-10-8-21(12-23)9-11-22/h3-7,12,14-15H,2,8-11H2,1H3,(H,19,20,24)/t14-,15-/m1/s1. The van der Waals surface area contributed by atoms with Gasteiger partial charge in [0.1, 0.15) is 6.04 Å². The minimum atomic E-state index is -1.02. The van der Waals surface area contributed by atoms with Gasteiger partial charge in [-0.1, -0.05) is 30.3 Å². The van der Waals surface area contributed by atoms with E-state index in [1.54, 1.807) is 11.8 Å². The molecule has 2 atom stereocenters. The maximum atomic E-state index is 12.7. The van der Waals surface area contributed by atoms with Gasteiger partial charge in [-0.25, -0.2) is 4.99 Å². The molecule has 26 heavy (non-hydrogen) atoms. The quantitative estimate of drug-likeness (QED) is 0.471. The van der Waals surface area contributed by atoms with Crippen LogP contribution in [0, 0.1) is 5.92 Å². The summed E-state index contributed by atoms with van der Waals surface area (Å²) in [5.41, 5.74) is 0.782.